The van der Waals surface area contributed by atoms with Crippen molar-refractivity contribution in [2.24, 2.45) is 0 Å². The van der Waals surface area contributed by atoms with E-state index in [0.717, 1.165) is 22.1 Å². The Balaban J connectivity index is 2.02. The van der Waals surface area contributed by atoms with Gasteiger partial charge in [0.25, 0.3) is 0 Å². The maximum absolute atomic E-state index is 6.21. The summed E-state index contributed by atoms with van der Waals surface area (Å²) in [7, 11) is 0. The minimum absolute atomic E-state index is 0.378. The van der Waals surface area contributed by atoms with Crippen LogP contribution in [0.25, 0.3) is 10.8 Å². The van der Waals surface area contributed by atoms with Crippen molar-refractivity contribution < 1.29 is 4.74 Å². The van der Waals surface area contributed by atoms with Gasteiger partial charge in [0, 0.05) is 26.7 Å². The third kappa shape index (κ3) is 2.96. The summed E-state index contributed by atoms with van der Waals surface area (Å²) in [5.74, 6) is 1.79. The molecule has 0 saturated heterocycles. The maximum Gasteiger partial charge on any atom is 0.135 e. The summed E-state index contributed by atoms with van der Waals surface area (Å²) in [5.41, 5.74) is 0.881. The first-order chi connectivity index (χ1) is 10.2. The lowest BCUT2D eigenvalue weighted by atomic mass is 10.1. The predicted octanol–water partition coefficient (Wildman–Crippen LogP) is 6.68. The monoisotopic (exact) mass is 336 g/mol. The molecule has 0 aromatic heterocycles. The van der Waals surface area contributed by atoms with Crippen LogP contribution in [0.4, 0.5) is 0 Å². The van der Waals surface area contributed by atoms with Gasteiger partial charge in [0.15, 0.2) is 0 Å². The second-order valence-corrected chi connectivity index (χ2v) is 5.66. The van der Waals surface area contributed by atoms with Gasteiger partial charge >= 0.3 is 0 Å². The zero-order chi connectivity index (χ0) is 14.8. The van der Waals surface area contributed by atoms with Crippen molar-refractivity contribution in [3.8, 4) is 11.5 Å². The molecule has 0 aliphatic carbocycles. The standard InChI is InChI=1S/C17H11Cl3O/c18-10-11-5-6-12(9-16(11)20)21-17-8-7-15(19)13-3-1-2-4-14(13)17/h1-9H,10H2. The molecule has 0 amide bonds. The van der Waals surface area contributed by atoms with Crippen LogP contribution >= 0.6 is 34.8 Å². The Hall–Kier alpha value is -1.41. The van der Waals surface area contributed by atoms with E-state index in [2.05, 4.69) is 0 Å². The summed E-state index contributed by atoms with van der Waals surface area (Å²) in [6.45, 7) is 0. The molecule has 0 saturated carbocycles. The zero-order valence-corrected chi connectivity index (χ0v) is 13.2. The van der Waals surface area contributed by atoms with Crippen molar-refractivity contribution in [3.05, 3.63) is 70.2 Å². The number of fused-ring (bicyclic) bond motifs is 1. The smallest absolute Gasteiger partial charge is 0.135 e. The average Bonchev–Trinajstić information content (AvgIpc) is 2.51. The third-order valence-corrected chi connectivity index (χ3v) is 4.20. The summed E-state index contributed by atoms with van der Waals surface area (Å²) in [5, 5.41) is 3.22. The van der Waals surface area contributed by atoms with Crippen LogP contribution < -0.4 is 4.74 Å². The zero-order valence-electron chi connectivity index (χ0n) is 10.9. The van der Waals surface area contributed by atoms with Crippen LogP contribution in [0.1, 0.15) is 5.56 Å². The molecule has 21 heavy (non-hydrogen) atoms. The van der Waals surface area contributed by atoms with Gasteiger partial charge in [-0.15, -0.1) is 11.6 Å². The molecule has 0 unspecified atom stereocenters. The average molecular weight is 338 g/mol. The molecule has 0 aliphatic rings. The van der Waals surface area contributed by atoms with Crippen molar-refractivity contribution in [3.63, 3.8) is 0 Å². The van der Waals surface area contributed by atoms with Crippen molar-refractivity contribution in [1.29, 1.82) is 0 Å². The molecular formula is C17H11Cl3O. The van der Waals surface area contributed by atoms with Crippen molar-refractivity contribution in [1.82, 2.24) is 0 Å². The fraction of sp³-hybridized carbons (Fsp3) is 0.0588. The molecule has 0 fully saturated rings. The Morgan fingerprint density at radius 2 is 1.57 bits per heavy atom. The van der Waals surface area contributed by atoms with Gasteiger partial charge in [-0.3, -0.25) is 0 Å². The van der Waals surface area contributed by atoms with Gasteiger partial charge in [-0.2, -0.15) is 0 Å². The number of benzene rings is 3. The van der Waals surface area contributed by atoms with E-state index in [1.165, 1.54) is 0 Å². The van der Waals surface area contributed by atoms with Crippen molar-refractivity contribution >= 4 is 45.6 Å². The molecule has 106 valence electrons. The van der Waals surface area contributed by atoms with Gasteiger partial charge in [0.2, 0.25) is 0 Å². The van der Waals surface area contributed by atoms with Crippen LogP contribution in [0.15, 0.2) is 54.6 Å². The van der Waals surface area contributed by atoms with E-state index >= 15 is 0 Å². The summed E-state index contributed by atoms with van der Waals surface area (Å²) >= 11 is 18.2. The second-order valence-electron chi connectivity index (χ2n) is 4.58. The Bertz CT molecular complexity index is 799. The molecule has 3 aromatic rings. The van der Waals surface area contributed by atoms with E-state index in [4.69, 9.17) is 39.5 Å². The van der Waals surface area contributed by atoms with Crippen molar-refractivity contribution in [2.45, 2.75) is 5.88 Å². The molecule has 3 rings (SSSR count). The molecule has 1 nitrogen and oxygen atoms in total. The summed E-state index contributed by atoms with van der Waals surface area (Å²) in [4.78, 5) is 0. The van der Waals surface area contributed by atoms with E-state index < -0.39 is 0 Å². The van der Waals surface area contributed by atoms with Crippen LogP contribution in [0.3, 0.4) is 0 Å². The minimum atomic E-state index is 0.378. The van der Waals surface area contributed by atoms with E-state index in [-0.39, 0.29) is 0 Å². The van der Waals surface area contributed by atoms with E-state index in [1.54, 1.807) is 6.07 Å². The lowest BCUT2D eigenvalue weighted by Gasteiger charge is -2.11. The van der Waals surface area contributed by atoms with Crippen LogP contribution in [0, 0.1) is 0 Å². The summed E-state index contributed by atoms with van der Waals surface area (Å²) in [6, 6.07) is 17.0. The highest BCUT2D eigenvalue weighted by atomic mass is 35.5. The van der Waals surface area contributed by atoms with Gasteiger partial charge in [-0.05, 0) is 29.8 Å². The largest absolute Gasteiger partial charge is 0.457 e. The fourth-order valence-corrected chi connectivity index (χ4v) is 2.92. The number of alkyl halides is 1. The molecule has 4 heteroatoms. The molecule has 0 radical (unpaired) electrons. The summed E-state index contributed by atoms with van der Waals surface area (Å²) < 4.78 is 5.94. The van der Waals surface area contributed by atoms with Gasteiger partial charge in [0.1, 0.15) is 11.5 Å². The lowest BCUT2D eigenvalue weighted by Crippen LogP contribution is -1.88. The Morgan fingerprint density at radius 3 is 2.29 bits per heavy atom. The minimum Gasteiger partial charge on any atom is -0.457 e. The predicted molar refractivity (Wildman–Crippen MR) is 90.0 cm³/mol. The normalized spacial score (nSPS) is 10.8. The molecule has 3 aromatic carbocycles. The highest BCUT2D eigenvalue weighted by molar-refractivity contribution is 6.35. The second kappa shape index (κ2) is 6.15. The van der Waals surface area contributed by atoms with Gasteiger partial charge in [-0.1, -0.05) is 53.5 Å². The molecule has 0 atom stereocenters. The lowest BCUT2D eigenvalue weighted by molar-refractivity contribution is 0.488. The van der Waals surface area contributed by atoms with Crippen LogP contribution in [0.5, 0.6) is 11.5 Å². The Kier molecular flexibility index (Phi) is 4.25. The molecule has 0 heterocycles. The van der Waals surface area contributed by atoms with Crippen molar-refractivity contribution in [2.75, 3.05) is 0 Å². The van der Waals surface area contributed by atoms with Crippen LogP contribution in [0.2, 0.25) is 10.0 Å². The Labute approximate surface area is 138 Å². The molecule has 0 spiro atoms. The summed E-state index contributed by atoms with van der Waals surface area (Å²) in [6.07, 6.45) is 0. The Morgan fingerprint density at radius 1 is 0.810 bits per heavy atom. The number of ether oxygens (including phenoxy) is 1. The topological polar surface area (TPSA) is 9.23 Å². The first-order valence-electron chi connectivity index (χ1n) is 6.38. The maximum atomic E-state index is 6.21. The SMILES string of the molecule is ClCc1ccc(Oc2ccc(Cl)c3ccccc23)cc1Cl. The first-order valence-corrected chi connectivity index (χ1v) is 7.67. The van der Waals surface area contributed by atoms with Crippen LogP contribution in [-0.4, -0.2) is 0 Å². The number of rotatable bonds is 3. The van der Waals surface area contributed by atoms with Gasteiger partial charge in [-0.25, -0.2) is 0 Å². The molecule has 0 aliphatic heterocycles. The number of halogens is 3. The van der Waals surface area contributed by atoms with E-state index in [1.807, 2.05) is 48.5 Å². The third-order valence-electron chi connectivity index (χ3n) is 3.23. The highest BCUT2D eigenvalue weighted by Crippen LogP contribution is 2.35. The van der Waals surface area contributed by atoms with E-state index in [9.17, 15) is 0 Å². The molecular weight excluding hydrogens is 327 g/mol. The molecule has 0 bridgehead atoms. The number of hydrogen-bond acceptors (Lipinski definition) is 1. The quantitative estimate of drug-likeness (QED) is 0.484. The van der Waals surface area contributed by atoms with Crippen LogP contribution in [-0.2, 0) is 5.88 Å². The number of hydrogen-bond donors (Lipinski definition) is 0. The van der Waals surface area contributed by atoms with Gasteiger partial charge in [0.05, 0.1) is 0 Å². The van der Waals surface area contributed by atoms with Gasteiger partial charge < -0.3 is 4.74 Å². The van der Waals surface area contributed by atoms with E-state index in [0.29, 0.717) is 21.7 Å². The fourth-order valence-electron chi connectivity index (χ4n) is 2.15. The first kappa shape index (κ1) is 14.5. The molecule has 0 N–H and O–H groups in total. The highest BCUT2D eigenvalue weighted by Gasteiger charge is 2.08.